The summed E-state index contributed by atoms with van der Waals surface area (Å²) >= 11 is 0. The molecule has 1 aliphatic heterocycles. The van der Waals surface area contributed by atoms with Crippen molar-refractivity contribution in [3.05, 3.63) is 29.9 Å². The number of aromatic nitrogens is 3. The van der Waals surface area contributed by atoms with Gasteiger partial charge in [0.2, 0.25) is 11.7 Å². The van der Waals surface area contributed by atoms with Crippen molar-refractivity contribution in [1.82, 2.24) is 15.1 Å². The minimum absolute atomic E-state index is 0.495. The Morgan fingerprint density at radius 1 is 1.35 bits per heavy atom. The lowest BCUT2D eigenvalue weighted by Gasteiger charge is -2.29. The highest BCUT2D eigenvalue weighted by atomic mass is 16.5. The van der Waals surface area contributed by atoms with Gasteiger partial charge in [-0.05, 0) is 30.9 Å². The third-order valence-electron chi connectivity index (χ3n) is 3.76. The van der Waals surface area contributed by atoms with Gasteiger partial charge >= 0.3 is 0 Å². The molecule has 1 fully saturated rings. The van der Waals surface area contributed by atoms with Crippen molar-refractivity contribution in [2.45, 2.75) is 31.7 Å². The Hall–Kier alpha value is -1.79. The summed E-state index contributed by atoms with van der Waals surface area (Å²) < 4.78 is 10.7. The molecule has 0 spiro atoms. The molecule has 0 unspecified atom stereocenters. The standard InChI is InChI=1S/C14H18N4O2/c1-2-10-9-16-6-3-11(10)12-17-13(20-18-12)14(15)4-7-19-8-5-14/h3,6,9H,2,4-5,7-8,15H2,1H3. The molecule has 6 heteroatoms. The summed E-state index contributed by atoms with van der Waals surface area (Å²) in [4.78, 5) is 8.62. The number of nitrogens with zero attached hydrogens (tertiary/aromatic N) is 3. The number of ether oxygens (including phenoxy) is 1. The number of rotatable bonds is 3. The molecule has 106 valence electrons. The van der Waals surface area contributed by atoms with Gasteiger partial charge in [-0.1, -0.05) is 12.1 Å². The van der Waals surface area contributed by atoms with Crippen molar-refractivity contribution in [1.29, 1.82) is 0 Å². The Morgan fingerprint density at radius 3 is 2.90 bits per heavy atom. The van der Waals surface area contributed by atoms with Gasteiger partial charge in [0.05, 0.1) is 0 Å². The van der Waals surface area contributed by atoms with Crippen molar-refractivity contribution >= 4 is 0 Å². The van der Waals surface area contributed by atoms with Gasteiger partial charge in [0.15, 0.2) is 0 Å². The Kier molecular flexibility index (Phi) is 3.50. The smallest absolute Gasteiger partial charge is 0.247 e. The highest BCUT2D eigenvalue weighted by Gasteiger charge is 2.36. The molecule has 3 rings (SSSR count). The van der Waals surface area contributed by atoms with Gasteiger partial charge in [0, 0.05) is 31.2 Å². The maximum atomic E-state index is 6.35. The van der Waals surface area contributed by atoms with Gasteiger partial charge in [-0.15, -0.1) is 0 Å². The van der Waals surface area contributed by atoms with Crippen LogP contribution >= 0.6 is 0 Å². The van der Waals surface area contributed by atoms with Gasteiger partial charge in [-0.25, -0.2) is 0 Å². The van der Waals surface area contributed by atoms with E-state index in [1.807, 2.05) is 12.3 Å². The first-order chi connectivity index (χ1) is 9.73. The molecule has 0 bridgehead atoms. The van der Waals surface area contributed by atoms with Gasteiger partial charge in [0.25, 0.3) is 0 Å². The normalized spacial score (nSPS) is 18.1. The second kappa shape index (κ2) is 5.30. The van der Waals surface area contributed by atoms with E-state index in [1.54, 1.807) is 6.20 Å². The zero-order valence-electron chi connectivity index (χ0n) is 11.5. The zero-order chi connectivity index (χ0) is 14.0. The van der Waals surface area contributed by atoms with E-state index in [-0.39, 0.29) is 0 Å². The number of hydrogen-bond acceptors (Lipinski definition) is 6. The highest BCUT2D eigenvalue weighted by Crippen LogP contribution is 2.30. The Labute approximate surface area is 117 Å². The molecule has 2 N–H and O–H groups in total. The molecule has 1 saturated heterocycles. The predicted molar refractivity (Wildman–Crippen MR) is 72.8 cm³/mol. The van der Waals surface area contributed by atoms with Crippen LogP contribution in [0.3, 0.4) is 0 Å². The molecule has 3 heterocycles. The lowest BCUT2D eigenvalue weighted by Crippen LogP contribution is -2.42. The summed E-state index contributed by atoms with van der Waals surface area (Å²) in [5, 5.41) is 4.08. The molecule has 6 nitrogen and oxygen atoms in total. The molecule has 0 saturated carbocycles. The SMILES string of the molecule is CCc1cnccc1-c1noc(C2(N)CCOCC2)n1. The molecule has 0 amide bonds. The van der Waals surface area contributed by atoms with Crippen LogP contribution in [0.15, 0.2) is 23.0 Å². The molecular formula is C14H18N4O2. The van der Waals surface area contributed by atoms with Gasteiger partial charge in [0.1, 0.15) is 5.54 Å². The molecule has 20 heavy (non-hydrogen) atoms. The monoisotopic (exact) mass is 274 g/mol. The van der Waals surface area contributed by atoms with Crippen molar-refractivity contribution in [2.75, 3.05) is 13.2 Å². The Morgan fingerprint density at radius 2 is 2.15 bits per heavy atom. The number of hydrogen-bond donors (Lipinski definition) is 1. The first-order valence-corrected chi connectivity index (χ1v) is 6.87. The summed E-state index contributed by atoms with van der Waals surface area (Å²) in [7, 11) is 0. The third kappa shape index (κ3) is 2.32. The van der Waals surface area contributed by atoms with Crippen LogP contribution in [0.1, 0.15) is 31.2 Å². The Bertz CT molecular complexity index is 590. The second-order valence-electron chi connectivity index (χ2n) is 5.08. The summed E-state index contributed by atoms with van der Waals surface area (Å²) in [6, 6.07) is 1.90. The number of aryl methyl sites for hydroxylation is 1. The average molecular weight is 274 g/mol. The van der Waals surface area contributed by atoms with Gasteiger partial charge < -0.3 is 15.0 Å². The topological polar surface area (TPSA) is 87.1 Å². The van der Waals surface area contributed by atoms with Crippen LogP contribution in [-0.4, -0.2) is 28.3 Å². The van der Waals surface area contributed by atoms with E-state index in [0.717, 1.165) is 17.5 Å². The molecule has 2 aromatic heterocycles. The van der Waals surface area contributed by atoms with Crippen LogP contribution in [0, 0.1) is 0 Å². The van der Waals surface area contributed by atoms with E-state index >= 15 is 0 Å². The summed E-state index contributed by atoms with van der Waals surface area (Å²) in [6.45, 7) is 3.33. The summed E-state index contributed by atoms with van der Waals surface area (Å²) in [5.74, 6) is 1.07. The molecular weight excluding hydrogens is 256 g/mol. The van der Waals surface area contributed by atoms with Crippen molar-refractivity contribution in [3.8, 4) is 11.4 Å². The Balaban J connectivity index is 1.94. The van der Waals surface area contributed by atoms with E-state index in [9.17, 15) is 0 Å². The van der Waals surface area contributed by atoms with Crippen LogP contribution in [0.5, 0.6) is 0 Å². The highest BCUT2D eigenvalue weighted by molar-refractivity contribution is 5.58. The fourth-order valence-electron chi connectivity index (χ4n) is 2.41. The maximum Gasteiger partial charge on any atom is 0.247 e. The van der Waals surface area contributed by atoms with Gasteiger partial charge in [-0.2, -0.15) is 4.98 Å². The lowest BCUT2D eigenvalue weighted by molar-refractivity contribution is 0.0400. The average Bonchev–Trinajstić information content (AvgIpc) is 2.98. The molecule has 2 aromatic rings. The van der Waals surface area contributed by atoms with Crippen LogP contribution in [0.4, 0.5) is 0 Å². The predicted octanol–water partition coefficient (Wildman–Crippen LogP) is 1.66. The quantitative estimate of drug-likeness (QED) is 0.915. The van der Waals surface area contributed by atoms with Gasteiger partial charge in [-0.3, -0.25) is 4.98 Å². The maximum absolute atomic E-state index is 6.35. The van der Waals surface area contributed by atoms with E-state index in [1.165, 1.54) is 0 Å². The van der Waals surface area contributed by atoms with Crippen LogP contribution in [0.25, 0.3) is 11.4 Å². The zero-order valence-corrected chi connectivity index (χ0v) is 11.5. The largest absolute Gasteiger partial charge is 0.381 e. The molecule has 0 aliphatic carbocycles. The second-order valence-corrected chi connectivity index (χ2v) is 5.08. The van der Waals surface area contributed by atoms with Crippen LogP contribution in [-0.2, 0) is 16.7 Å². The van der Waals surface area contributed by atoms with E-state index in [2.05, 4.69) is 22.0 Å². The van der Waals surface area contributed by atoms with E-state index in [0.29, 0.717) is 37.8 Å². The molecule has 0 aromatic carbocycles. The minimum atomic E-state index is -0.567. The van der Waals surface area contributed by atoms with Crippen molar-refractivity contribution in [3.63, 3.8) is 0 Å². The molecule has 0 atom stereocenters. The number of nitrogens with two attached hydrogens (primary N) is 1. The van der Waals surface area contributed by atoms with Crippen molar-refractivity contribution in [2.24, 2.45) is 5.73 Å². The summed E-state index contributed by atoms with van der Waals surface area (Å²) in [6.07, 6.45) is 5.83. The van der Waals surface area contributed by atoms with E-state index in [4.69, 9.17) is 15.0 Å². The first kappa shape index (κ1) is 13.2. The number of pyridine rings is 1. The fraction of sp³-hybridized carbons (Fsp3) is 0.500. The third-order valence-corrected chi connectivity index (χ3v) is 3.76. The first-order valence-electron chi connectivity index (χ1n) is 6.87. The minimum Gasteiger partial charge on any atom is -0.381 e. The van der Waals surface area contributed by atoms with Crippen molar-refractivity contribution < 1.29 is 9.26 Å². The summed E-state index contributed by atoms with van der Waals surface area (Å²) in [5.41, 5.74) is 7.83. The molecule has 1 aliphatic rings. The van der Waals surface area contributed by atoms with Crippen LogP contribution < -0.4 is 5.73 Å². The molecule has 0 radical (unpaired) electrons. The fourth-order valence-corrected chi connectivity index (χ4v) is 2.41. The van der Waals surface area contributed by atoms with E-state index < -0.39 is 5.54 Å². The van der Waals surface area contributed by atoms with Crippen LogP contribution in [0.2, 0.25) is 0 Å². The lowest BCUT2D eigenvalue weighted by atomic mass is 9.91.